The Morgan fingerprint density at radius 1 is 1.15 bits per heavy atom. The summed E-state index contributed by atoms with van der Waals surface area (Å²) < 4.78 is 6.94. The van der Waals surface area contributed by atoms with Crippen molar-refractivity contribution in [3.05, 3.63) is 71.5 Å². The van der Waals surface area contributed by atoms with Crippen LogP contribution in [0.5, 0.6) is 5.75 Å². The maximum Gasteiger partial charge on any atom is 0.234 e. The third-order valence-corrected chi connectivity index (χ3v) is 5.94. The third-order valence-electron chi connectivity index (χ3n) is 4.57. The van der Waals surface area contributed by atoms with Crippen molar-refractivity contribution in [2.75, 3.05) is 23.5 Å². The van der Waals surface area contributed by atoms with Gasteiger partial charge in [-0.15, -0.1) is 16.8 Å². The van der Waals surface area contributed by atoms with Gasteiger partial charge < -0.3 is 19.9 Å². The SMILES string of the molecule is C=CCn1c(CC(=O)Nc2cccc(OC)c2)nnc1SCC(=O)Nc1ccc(C)c(Cl)c1. The zero-order chi connectivity index (χ0) is 23.8. The van der Waals surface area contributed by atoms with Gasteiger partial charge in [0.2, 0.25) is 11.8 Å². The molecular weight excluding hydrogens is 462 g/mol. The molecule has 0 saturated heterocycles. The monoisotopic (exact) mass is 485 g/mol. The summed E-state index contributed by atoms with van der Waals surface area (Å²) in [7, 11) is 1.56. The van der Waals surface area contributed by atoms with E-state index >= 15 is 0 Å². The van der Waals surface area contributed by atoms with Crippen LogP contribution in [0.1, 0.15) is 11.4 Å². The summed E-state index contributed by atoms with van der Waals surface area (Å²) in [6, 6.07) is 12.4. The number of benzene rings is 2. The number of nitrogens with zero attached hydrogens (tertiary/aromatic N) is 3. The van der Waals surface area contributed by atoms with Crippen molar-refractivity contribution < 1.29 is 14.3 Å². The fourth-order valence-electron chi connectivity index (χ4n) is 2.92. The van der Waals surface area contributed by atoms with Crippen LogP contribution in [0.4, 0.5) is 11.4 Å². The average Bonchev–Trinajstić information content (AvgIpc) is 3.16. The number of anilines is 2. The summed E-state index contributed by atoms with van der Waals surface area (Å²) in [6.45, 7) is 6.06. The molecule has 0 saturated carbocycles. The van der Waals surface area contributed by atoms with E-state index in [2.05, 4.69) is 27.4 Å². The number of hydrogen-bond acceptors (Lipinski definition) is 6. The van der Waals surface area contributed by atoms with E-state index in [-0.39, 0.29) is 24.0 Å². The number of carbonyl (C=O) groups excluding carboxylic acids is 2. The number of amides is 2. The molecule has 2 N–H and O–H groups in total. The van der Waals surface area contributed by atoms with Crippen LogP contribution < -0.4 is 15.4 Å². The number of aryl methyl sites for hydroxylation is 1. The van der Waals surface area contributed by atoms with E-state index in [1.807, 2.05) is 13.0 Å². The van der Waals surface area contributed by atoms with E-state index in [1.165, 1.54) is 11.8 Å². The quantitative estimate of drug-likeness (QED) is 0.327. The molecule has 33 heavy (non-hydrogen) atoms. The van der Waals surface area contributed by atoms with Crippen molar-refractivity contribution in [1.29, 1.82) is 0 Å². The minimum Gasteiger partial charge on any atom is -0.497 e. The smallest absolute Gasteiger partial charge is 0.234 e. The Kier molecular flexibility index (Phi) is 8.51. The average molecular weight is 486 g/mol. The molecule has 0 bridgehead atoms. The van der Waals surface area contributed by atoms with Gasteiger partial charge in [0, 0.05) is 29.0 Å². The molecule has 1 heterocycles. The van der Waals surface area contributed by atoms with E-state index in [0.29, 0.717) is 39.7 Å². The van der Waals surface area contributed by atoms with Crippen LogP contribution in [-0.2, 0) is 22.6 Å². The highest BCUT2D eigenvalue weighted by atomic mass is 35.5. The molecule has 3 rings (SSSR count). The first-order valence-electron chi connectivity index (χ1n) is 10.0. The second-order valence-corrected chi connectivity index (χ2v) is 8.41. The number of rotatable bonds is 10. The van der Waals surface area contributed by atoms with Gasteiger partial charge in [0.1, 0.15) is 11.6 Å². The number of methoxy groups -OCH3 is 1. The standard InChI is InChI=1S/C23H24ClN5O3S/c1-4-10-29-20(13-21(30)25-16-6-5-7-18(11-16)32-3)27-28-23(29)33-14-22(31)26-17-9-8-15(2)19(24)12-17/h4-9,11-12H,1,10,13-14H2,2-3H3,(H,25,30)(H,26,31). The molecule has 0 radical (unpaired) electrons. The Bertz CT molecular complexity index is 1160. The number of hydrogen-bond donors (Lipinski definition) is 2. The number of ether oxygens (including phenoxy) is 1. The molecule has 0 aliphatic carbocycles. The van der Waals surface area contributed by atoms with Gasteiger partial charge in [-0.05, 0) is 36.8 Å². The van der Waals surface area contributed by atoms with Crippen molar-refractivity contribution in [2.24, 2.45) is 0 Å². The summed E-state index contributed by atoms with van der Waals surface area (Å²) in [5.41, 5.74) is 2.18. The second-order valence-electron chi connectivity index (χ2n) is 7.06. The first kappa shape index (κ1) is 24.3. The lowest BCUT2D eigenvalue weighted by atomic mass is 10.2. The number of carbonyl (C=O) groups is 2. The Hall–Kier alpha value is -3.30. The Balaban J connectivity index is 1.62. The maximum atomic E-state index is 12.5. The Morgan fingerprint density at radius 3 is 2.64 bits per heavy atom. The Labute approximate surface area is 201 Å². The van der Waals surface area contributed by atoms with Gasteiger partial charge in [-0.3, -0.25) is 9.59 Å². The van der Waals surface area contributed by atoms with Crippen LogP contribution in [0, 0.1) is 6.92 Å². The molecule has 1 aromatic heterocycles. The molecule has 0 atom stereocenters. The lowest BCUT2D eigenvalue weighted by Gasteiger charge is -2.09. The highest BCUT2D eigenvalue weighted by Gasteiger charge is 2.17. The molecule has 0 fully saturated rings. The van der Waals surface area contributed by atoms with Gasteiger partial charge in [-0.1, -0.05) is 41.6 Å². The van der Waals surface area contributed by atoms with Crippen LogP contribution in [0.25, 0.3) is 0 Å². The van der Waals surface area contributed by atoms with E-state index in [9.17, 15) is 9.59 Å². The molecule has 0 aliphatic rings. The highest BCUT2D eigenvalue weighted by Crippen LogP contribution is 2.22. The summed E-state index contributed by atoms with van der Waals surface area (Å²) >= 11 is 7.34. The normalized spacial score (nSPS) is 10.5. The van der Waals surface area contributed by atoms with Crippen molar-refractivity contribution in [2.45, 2.75) is 25.0 Å². The molecule has 172 valence electrons. The lowest BCUT2D eigenvalue weighted by molar-refractivity contribution is -0.116. The van der Waals surface area contributed by atoms with Crippen LogP contribution in [0.3, 0.4) is 0 Å². The maximum absolute atomic E-state index is 12.5. The highest BCUT2D eigenvalue weighted by molar-refractivity contribution is 7.99. The molecule has 0 unspecified atom stereocenters. The Morgan fingerprint density at radius 2 is 1.91 bits per heavy atom. The van der Waals surface area contributed by atoms with Crippen LogP contribution in [0.15, 0.2) is 60.3 Å². The third kappa shape index (κ3) is 6.84. The van der Waals surface area contributed by atoms with Crippen molar-refractivity contribution in [3.63, 3.8) is 0 Å². The van der Waals surface area contributed by atoms with Gasteiger partial charge in [-0.25, -0.2) is 0 Å². The van der Waals surface area contributed by atoms with Gasteiger partial charge >= 0.3 is 0 Å². The van der Waals surface area contributed by atoms with Crippen LogP contribution in [-0.4, -0.2) is 39.4 Å². The van der Waals surface area contributed by atoms with Gasteiger partial charge in [0.15, 0.2) is 5.16 Å². The first-order valence-corrected chi connectivity index (χ1v) is 11.4. The van der Waals surface area contributed by atoms with Gasteiger partial charge in [0.25, 0.3) is 0 Å². The predicted molar refractivity (Wildman–Crippen MR) is 131 cm³/mol. The van der Waals surface area contributed by atoms with E-state index < -0.39 is 0 Å². The van der Waals surface area contributed by atoms with Crippen LogP contribution >= 0.6 is 23.4 Å². The molecule has 2 amide bonds. The summed E-state index contributed by atoms with van der Waals surface area (Å²) in [5, 5.41) is 15.0. The minimum atomic E-state index is -0.244. The van der Waals surface area contributed by atoms with Gasteiger partial charge in [-0.2, -0.15) is 0 Å². The zero-order valence-electron chi connectivity index (χ0n) is 18.3. The number of allylic oxidation sites excluding steroid dienone is 1. The van der Waals surface area contributed by atoms with E-state index in [0.717, 1.165) is 5.56 Å². The fraction of sp³-hybridized carbons (Fsp3) is 0.217. The molecule has 0 aliphatic heterocycles. The van der Waals surface area contributed by atoms with E-state index in [1.54, 1.807) is 54.2 Å². The van der Waals surface area contributed by atoms with Crippen molar-refractivity contribution in [1.82, 2.24) is 14.8 Å². The van der Waals surface area contributed by atoms with Crippen molar-refractivity contribution in [3.8, 4) is 5.75 Å². The topological polar surface area (TPSA) is 98.1 Å². The fourth-order valence-corrected chi connectivity index (χ4v) is 3.86. The first-order chi connectivity index (χ1) is 15.9. The molecule has 2 aromatic carbocycles. The number of aromatic nitrogens is 3. The van der Waals surface area contributed by atoms with Crippen molar-refractivity contribution >= 4 is 46.6 Å². The zero-order valence-corrected chi connectivity index (χ0v) is 19.9. The molecular formula is C23H24ClN5O3S. The summed E-state index contributed by atoms with van der Waals surface area (Å²) in [6.07, 6.45) is 1.71. The summed E-state index contributed by atoms with van der Waals surface area (Å²) in [5.74, 6) is 0.796. The molecule has 8 nitrogen and oxygen atoms in total. The lowest BCUT2D eigenvalue weighted by Crippen LogP contribution is -2.18. The minimum absolute atomic E-state index is 0.0205. The van der Waals surface area contributed by atoms with Crippen LogP contribution in [0.2, 0.25) is 5.02 Å². The second kappa shape index (κ2) is 11.5. The number of thioether (sulfide) groups is 1. The van der Waals surface area contributed by atoms with E-state index in [4.69, 9.17) is 16.3 Å². The molecule has 10 heteroatoms. The number of nitrogens with one attached hydrogen (secondary N) is 2. The largest absolute Gasteiger partial charge is 0.497 e. The number of halogens is 1. The van der Waals surface area contributed by atoms with Gasteiger partial charge in [0.05, 0.1) is 19.3 Å². The molecule has 0 spiro atoms. The molecule has 3 aromatic rings. The summed E-state index contributed by atoms with van der Waals surface area (Å²) in [4.78, 5) is 24.9. The predicted octanol–water partition coefficient (Wildman–Crippen LogP) is 4.35.